The average molecular weight is 286 g/mol. The molecular formula is C18H22OS. The Kier molecular flexibility index (Phi) is 5.54. The monoisotopic (exact) mass is 286 g/mol. The Morgan fingerprint density at radius 2 is 1.75 bits per heavy atom. The molecule has 0 N–H and O–H groups in total. The third kappa shape index (κ3) is 4.31. The molecule has 0 radical (unpaired) electrons. The highest BCUT2D eigenvalue weighted by Crippen LogP contribution is 2.26. The van der Waals surface area contributed by atoms with Crippen LogP contribution >= 0.6 is 11.8 Å². The van der Waals surface area contributed by atoms with E-state index in [4.69, 9.17) is 4.74 Å². The molecule has 2 aromatic rings. The van der Waals surface area contributed by atoms with Gasteiger partial charge in [-0.2, -0.15) is 11.8 Å². The predicted molar refractivity (Wildman–Crippen MR) is 88.7 cm³/mol. The highest BCUT2D eigenvalue weighted by Gasteiger charge is 2.07. The molecule has 0 aliphatic heterocycles. The van der Waals surface area contributed by atoms with Crippen molar-refractivity contribution in [1.29, 1.82) is 0 Å². The zero-order valence-electron chi connectivity index (χ0n) is 12.4. The van der Waals surface area contributed by atoms with Gasteiger partial charge in [0.15, 0.2) is 0 Å². The van der Waals surface area contributed by atoms with E-state index in [0.717, 1.165) is 17.9 Å². The number of hydrogen-bond donors (Lipinski definition) is 0. The Labute approximate surface area is 126 Å². The van der Waals surface area contributed by atoms with Crippen molar-refractivity contribution in [3.8, 4) is 5.75 Å². The van der Waals surface area contributed by atoms with E-state index in [1.165, 1.54) is 16.7 Å². The maximum atomic E-state index is 5.89. The fraction of sp³-hybridized carbons (Fsp3) is 0.333. The first-order valence-electron chi connectivity index (χ1n) is 7.00. The van der Waals surface area contributed by atoms with Crippen LogP contribution in [-0.4, -0.2) is 12.4 Å². The summed E-state index contributed by atoms with van der Waals surface area (Å²) in [6, 6.07) is 17.2. The van der Waals surface area contributed by atoms with Crippen molar-refractivity contribution < 1.29 is 4.74 Å². The van der Waals surface area contributed by atoms with Crippen LogP contribution < -0.4 is 4.74 Å². The topological polar surface area (TPSA) is 9.23 Å². The van der Waals surface area contributed by atoms with Gasteiger partial charge in [0.05, 0.1) is 6.10 Å². The zero-order valence-corrected chi connectivity index (χ0v) is 13.2. The van der Waals surface area contributed by atoms with Crippen molar-refractivity contribution in [2.45, 2.75) is 32.1 Å². The SMILES string of the molecule is CSCc1cc(Cc2ccccc2)ccc1OC(C)C. The van der Waals surface area contributed by atoms with Gasteiger partial charge >= 0.3 is 0 Å². The smallest absolute Gasteiger partial charge is 0.123 e. The summed E-state index contributed by atoms with van der Waals surface area (Å²) in [4.78, 5) is 0. The second-order valence-electron chi connectivity index (χ2n) is 5.20. The van der Waals surface area contributed by atoms with E-state index in [1.54, 1.807) is 0 Å². The number of benzene rings is 2. The zero-order chi connectivity index (χ0) is 14.4. The van der Waals surface area contributed by atoms with Gasteiger partial charge in [-0.15, -0.1) is 0 Å². The van der Waals surface area contributed by atoms with Crippen molar-refractivity contribution in [2.75, 3.05) is 6.26 Å². The molecule has 0 saturated carbocycles. The van der Waals surface area contributed by atoms with Crippen molar-refractivity contribution in [3.05, 3.63) is 65.2 Å². The van der Waals surface area contributed by atoms with Gasteiger partial charge < -0.3 is 4.74 Å². The van der Waals surface area contributed by atoms with Gasteiger partial charge in [-0.1, -0.05) is 42.5 Å². The summed E-state index contributed by atoms with van der Waals surface area (Å²) >= 11 is 1.83. The highest BCUT2D eigenvalue weighted by atomic mass is 32.2. The highest BCUT2D eigenvalue weighted by molar-refractivity contribution is 7.97. The van der Waals surface area contributed by atoms with E-state index in [-0.39, 0.29) is 6.10 Å². The first-order chi connectivity index (χ1) is 9.69. The molecule has 106 valence electrons. The maximum Gasteiger partial charge on any atom is 0.123 e. The van der Waals surface area contributed by atoms with Gasteiger partial charge in [-0.05, 0) is 43.7 Å². The van der Waals surface area contributed by atoms with Crippen LogP contribution in [-0.2, 0) is 12.2 Å². The Bertz CT molecular complexity index is 534. The van der Waals surface area contributed by atoms with Gasteiger partial charge in [-0.3, -0.25) is 0 Å². The van der Waals surface area contributed by atoms with Crippen LogP contribution in [0.1, 0.15) is 30.5 Å². The summed E-state index contributed by atoms with van der Waals surface area (Å²) in [6.45, 7) is 4.14. The molecule has 2 aromatic carbocycles. The quantitative estimate of drug-likeness (QED) is 0.745. The lowest BCUT2D eigenvalue weighted by Crippen LogP contribution is -2.07. The molecule has 0 aromatic heterocycles. The molecule has 2 heteroatoms. The molecule has 0 fully saturated rings. The fourth-order valence-corrected chi connectivity index (χ4v) is 2.75. The van der Waals surface area contributed by atoms with Gasteiger partial charge in [0.2, 0.25) is 0 Å². The number of hydrogen-bond acceptors (Lipinski definition) is 2. The van der Waals surface area contributed by atoms with Crippen LogP contribution in [0.2, 0.25) is 0 Å². The van der Waals surface area contributed by atoms with Crippen molar-refractivity contribution in [1.82, 2.24) is 0 Å². The van der Waals surface area contributed by atoms with Gasteiger partial charge in [0.25, 0.3) is 0 Å². The maximum absolute atomic E-state index is 5.89. The summed E-state index contributed by atoms with van der Waals surface area (Å²) in [5.74, 6) is 2.01. The van der Waals surface area contributed by atoms with Crippen LogP contribution in [0.4, 0.5) is 0 Å². The normalized spacial score (nSPS) is 10.8. The summed E-state index contributed by atoms with van der Waals surface area (Å²) in [5, 5.41) is 0. The van der Waals surface area contributed by atoms with Gasteiger partial charge in [0.1, 0.15) is 5.75 Å². The molecular weight excluding hydrogens is 264 g/mol. The molecule has 0 aliphatic rings. The Morgan fingerprint density at radius 1 is 1.00 bits per heavy atom. The van der Waals surface area contributed by atoms with Crippen LogP contribution in [0, 0.1) is 0 Å². The summed E-state index contributed by atoms with van der Waals surface area (Å²) in [7, 11) is 0. The Morgan fingerprint density at radius 3 is 2.40 bits per heavy atom. The molecule has 2 rings (SSSR count). The van der Waals surface area contributed by atoms with Gasteiger partial charge in [-0.25, -0.2) is 0 Å². The minimum absolute atomic E-state index is 0.218. The number of ether oxygens (including phenoxy) is 1. The summed E-state index contributed by atoms with van der Waals surface area (Å²) < 4.78 is 5.89. The molecule has 0 spiro atoms. The summed E-state index contributed by atoms with van der Waals surface area (Å²) in [6.07, 6.45) is 3.32. The lowest BCUT2D eigenvalue weighted by molar-refractivity contribution is 0.240. The minimum atomic E-state index is 0.218. The van der Waals surface area contributed by atoms with E-state index in [1.807, 2.05) is 11.8 Å². The first kappa shape index (κ1) is 15.0. The average Bonchev–Trinajstić information content (AvgIpc) is 2.43. The number of rotatable bonds is 6. The second kappa shape index (κ2) is 7.39. The molecule has 0 amide bonds. The van der Waals surface area contributed by atoms with E-state index in [0.29, 0.717) is 0 Å². The van der Waals surface area contributed by atoms with E-state index in [9.17, 15) is 0 Å². The fourth-order valence-electron chi connectivity index (χ4n) is 2.21. The Balaban J connectivity index is 2.20. The van der Waals surface area contributed by atoms with Crippen molar-refractivity contribution >= 4 is 11.8 Å². The van der Waals surface area contributed by atoms with Crippen molar-refractivity contribution in [3.63, 3.8) is 0 Å². The first-order valence-corrected chi connectivity index (χ1v) is 8.39. The standard InChI is InChI=1S/C18H22OS/c1-14(2)19-18-10-9-16(12-17(18)13-20-3)11-15-7-5-4-6-8-15/h4-10,12,14H,11,13H2,1-3H3. The van der Waals surface area contributed by atoms with Crippen LogP contribution in [0.5, 0.6) is 5.75 Å². The van der Waals surface area contributed by atoms with E-state index < -0.39 is 0 Å². The molecule has 0 heterocycles. The number of thioether (sulfide) groups is 1. The molecule has 0 aliphatic carbocycles. The molecule has 0 atom stereocenters. The van der Waals surface area contributed by atoms with E-state index >= 15 is 0 Å². The Hall–Kier alpha value is -1.41. The lowest BCUT2D eigenvalue weighted by Gasteiger charge is -2.15. The largest absolute Gasteiger partial charge is 0.491 e. The molecule has 20 heavy (non-hydrogen) atoms. The van der Waals surface area contributed by atoms with Gasteiger partial charge in [0, 0.05) is 11.3 Å². The second-order valence-corrected chi connectivity index (χ2v) is 6.07. The summed E-state index contributed by atoms with van der Waals surface area (Å²) in [5.41, 5.74) is 3.98. The molecule has 0 saturated heterocycles. The third-order valence-electron chi connectivity index (χ3n) is 3.04. The van der Waals surface area contributed by atoms with Crippen LogP contribution in [0.25, 0.3) is 0 Å². The van der Waals surface area contributed by atoms with Crippen molar-refractivity contribution in [2.24, 2.45) is 0 Å². The molecule has 1 nitrogen and oxygen atoms in total. The molecule has 0 unspecified atom stereocenters. The minimum Gasteiger partial charge on any atom is -0.491 e. The lowest BCUT2D eigenvalue weighted by atomic mass is 10.0. The third-order valence-corrected chi connectivity index (χ3v) is 3.64. The van der Waals surface area contributed by atoms with Crippen LogP contribution in [0.3, 0.4) is 0 Å². The van der Waals surface area contributed by atoms with E-state index in [2.05, 4.69) is 68.6 Å². The molecule has 0 bridgehead atoms. The predicted octanol–water partition coefficient (Wildman–Crippen LogP) is 4.93. The van der Waals surface area contributed by atoms with Crippen LogP contribution in [0.15, 0.2) is 48.5 Å².